The third kappa shape index (κ3) is 3.03. The number of carboxylic acid groups (broad SMARTS) is 1. The highest BCUT2D eigenvalue weighted by atomic mass is 35.5. The van der Waals surface area contributed by atoms with E-state index in [-0.39, 0.29) is 47.5 Å². The van der Waals surface area contributed by atoms with Crippen molar-refractivity contribution in [3.63, 3.8) is 0 Å². The van der Waals surface area contributed by atoms with Crippen molar-refractivity contribution < 1.29 is 18.7 Å². The van der Waals surface area contributed by atoms with Crippen LogP contribution in [0, 0.1) is 17.6 Å². The van der Waals surface area contributed by atoms with E-state index in [0.29, 0.717) is 13.1 Å². The van der Waals surface area contributed by atoms with Gasteiger partial charge in [-0.3, -0.25) is 4.79 Å². The molecule has 1 aromatic carbocycles. The summed E-state index contributed by atoms with van der Waals surface area (Å²) in [5.74, 6) is -3.11. The number of aromatic nitrogens is 1. The van der Waals surface area contributed by atoms with Crippen molar-refractivity contribution in [1.29, 1.82) is 0 Å². The largest absolute Gasteiger partial charge is 0.477 e. The van der Waals surface area contributed by atoms with E-state index in [9.17, 15) is 14.0 Å². The lowest BCUT2D eigenvalue weighted by Crippen LogP contribution is -2.29. The number of nitrogens with two attached hydrogens (primary N) is 1. The van der Waals surface area contributed by atoms with E-state index >= 15 is 4.39 Å². The van der Waals surface area contributed by atoms with Crippen molar-refractivity contribution in [1.82, 2.24) is 4.57 Å². The molecule has 9 heteroatoms. The minimum absolute atomic E-state index is 0. The van der Waals surface area contributed by atoms with Gasteiger partial charge in [-0.05, 0) is 18.9 Å². The number of aromatic carboxylic acids is 1. The highest BCUT2D eigenvalue weighted by molar-refractivity contribution is 5.93. The van der Waals surface area contributed by atoms with Crippen molar-refractivity contribution in [3.05, 3.63) is 39.7 Å². The minimum Gasteiger partial charge on any atom is -0.477 e. The molecule has 6 nitrogen and oxygen atoms in total. The Bertz CT molecular complexity index is 922. The molecule has 0 aliphatic carbocycles. The molecular weight excluding hydrogens is 368 g/mol. The zero-order valence-corrected chi connectivity index (χ0v) is 15.1. The normalized spacial score (nSPS) is 19.7. The summed E-state index contributed by atoms with van der Waals surface area (Å²) in [4.78, 5) is 25.1. The van der Waals surface area contributed by atoms with Gasteiger partial charge in [-0.2, -0.15) is 0 Å². The topological polar surface area (TPSA) is 88.6 Å². The Morgan fingerprint density at radius 2 is 2.04 bits per heavy atom. The lowest BCUT2D eigenvalue weighted by Gasteiger charge is -2.22. The number of rotatable bonds is 3. The number of anilines is 1. The van der Waals surface area contributed by atoms with E-state index in [0.717, 1.165) is 12.3 Å². The number of aryl methyl sites for hydroxylation is 1. The van der Waals surface area contributed by atoms with Gasteiger partial charge in [0.15, 0.2) is 5.82 Å². The smallest absolute Gasteiger partial charge is 0.341 e. The molecule has 3 N–H and O–H groups in total. The summed E-state index contributed by atoms with van der Waals surface area (Å²) >= 11 is 0. The van der Waals surface area contributed by atoms with Crippen LogP contribution in [0.15, 0.2) is 17.1 Å². The number of carboxylic acids is 1. The highest BCUT2D eigenvalue weighted by Gasteiger charge is 2.32. The van der Waals surface area contributed by atoms with Gasteiger partial charge in [-0.15, -0.1) is 12.4 Å². The Hall–Kier alpha value is -2.19. The second kappa shape index (κ2) is 7.20. The average Bonchev–Trinajstić information content (AvgIpc) is 2.86. The molecule has 1 aliphatic rings. The summed E-state index contributed by atoms with van der Waals surface area (Å²) in [5, 5.41) is 8.87. The van der Waals surface area contributed by atoms with Crippen LogP contribution in [-0.2, 0) is 6.54 Å². The van der Waals surface area contributed by atoms with Crippen LogP contribution in [0.3, 0.4) is 0 Å². The number of hydrogen-bond donors (Lipinski definition) is 2. The van der Waals surface area contributed by atoms with Gasteiger partial charge in [-0.1, -0.05) is 6.92 Å². The maximum absolute atomic E-state index is 15.2. The molecule has 0 bridgehead atoms. The summed E-state index contributed by atoms with van der Waals surface area (Å²) in [6.45, 7) is 4.54. The second-order valence-electron chi connectivity index (χ2n) is 6.43. The Balaban J connectivity index is 0.00000243. The van der Waals surface area contributed by atoms with E-state index in [1.807, 2.05) is 6.92 Å². The summed E-state index contributed by atoms with van der Waals surface area (Å²) < 4.78 is 31.1. The fraction of sp³-hybridized carbons (Fsp3) is 0.412. The fourth-order valence-electron chi connectivity index (χ4n) is 3.34. The monoisotopic (exact) mass is 387 g/mol. The number of benzene rings is 1. The molecule has 142 valence electrons. The van der Waals surface area contributed by atoms with E-state index in [2.05, 4.69) is 0 Å². The van der Waals surface area contributed by atoms with E-state index in [1.165, 1.54) is 9.47 Å². The molecule has 0 radical (unpaired) electrons. The molecule has 0 amide bonds. The molecule has 2 aromatic rings. The van der Waals surface area contributed by atoms with Crippen LogP contribution in [-0.4, -0.2) is 34.8 Å². The maximum Gasteiger partial charge on any atom is 0.341 e. The number of nitrogens with zero attached hydrogens (tertiary/aromatic N) is 2. The molecule has 1 aromatic heterocycles. The zero-order chi connectivity index (χ0) is 18.5. The predicted octanol–water partition coefficient (Wildman–Crippen LogP) is 2.20. The Morgan fingerprint density at radius 3 is 2.54 bits per heavy atom. The molecule has 1 saturated heterocycles. The zero-order valence-electron chi connectivity index (χ0n) is 14.3. The van der Waals surface area contributed by atoms with Gasteiger partial charge in [0.1, 0.15) is 17.1 Å². The molecule has 2 atom stereocenters. The molecule has 2 unspecified atom stereocenters. The molecule has 26 heavy (non-hydrogen) atoms. The molecule has 1 fully saturated rings. The van der Waals surface area contributed by atoms with Gasteiger partial charge in [0.2, 0.25) is 5.43 Å². The van der Waals surface area contributed by atoms with Crippen LogP contribution in [0.1, 0.15) is 24.2 Å². The predicted molar refractivity (Wildman–Crippen MR) is 97.4 cm³/mol. The van der Waals surface area contributed by atoms with Gasteiger partial charge >= 0.3 is 5.97 Å². The molecule has 0 saturated carbocycles. The van der Waals surface area contributed by atoms with Gasteiger partial charge in [-0.25, -0.2) is 13.6 Å². The molecule has 1 aliphatic heterocycles. The first-order chi connectivity index (χ1) is 11.8. The van der Waals surface area contributed by atoms with Crippen molar-refractivity contribution in [2.24, 2.45) is 11.7 Å². The van der Waals surface area contributed by atoms with Crippen LogP contribution in [0.25, 0.3) is 10.9 Å². The lowest BCUT2D eigenvalue weighted by molar-refractivity contribution is 0.0695. The summed E-state index contributed by atoms with van der Waals surface area (Å²) in [6.07, 6.45) is 1.09. The number of pyridine rings is 1. The lowest BCUT2D eigenvalue weighted by atomic mass is 10.1. The third-order valence-corrected chi connectivity index (χ3v) is 4.79. The highest BCUT2D eigenvalue weighted by Crippen LogP contribution is 2.33. The minimum atomic E-state index is -1.43. The third-order valence-electron chi connectivity index (χ3n) is 4.79. The average molecular weight is 388 g/mol. The van der Waals surface area contributed by atoms with Gasteiger partial charge in [0.25, 0.3) is 0 Å². The van der Waals surface area contributed by atoms with Gasteiger partial charge < -0.3 is 20.3 Å². The van der Waals surface area contributed by atoms with Crippen LogP contribution < -0.4 is 16.1 Å². The van der Waals surface area contributed by atoms with Crippen molar-refractivity contribution in [2.45, 2.75) is 26.4 Å². The van der Waals surface area contributed by atoms with Crippen LogP contribution in [0.2, 0.25) is 0 Å². The van der Waals surface area contributed by atoms with Crippen LogP contribution in [0.4, 0.5) is 14.5 Å². The van der Waals surface area contributed by atoms with Gasteiger partial charge in [0.05, 0.1) is 10.9 Å². The molecule has 2 heterocycles. The molecular formula is C17H20ClF2N3O3. The summed E-state index contributed by atoms with van der Waals surface area (Å²) in [5.41, 5.74) is 4.21. The van der Waals surface area contributed by atoms with E-state index < -0.39 is 28.6 Å². The first-order valence-electron chi connectivity index (χ1n) is 8.05. The quantitative estimate of drug-likeness (QED) is 0.842. The Morgan fingerprint density at radius 1 is 1.38 bits per heavy atom. The van der Waals surface area contributed by atoms with Crippen LogP contribution >= 0.6 is 12.4 Å². The number of fused-ring (bicyclic) bond motifs is 1. The summed E-state index contributed by atoms with van der Waals surface area (Å²) in [7, 11) is 0. The van der Waals surface area contributed by atoms with Gasteiger partial charge in [0, 0.05) is 31.9 Å². The van der Waals surface area contributed by atoms with E-state index in [4.69, 9.17) is 10.8 Å². The second-order valence-corrected chi connectivity index (χ2v) is 6.43. The van der Waals surface area contributed by atoms with Crippen LogP contribution in [0.5, 0.6) is 0 Å². The van der Waals surface area contributed by atoms with Crippen molar-refractivity contribution in [2.75, 3.05) is 18.0 Å². The SMILES string of the molecule is CCn1cc(C(=O)O)c(=O)c2cc(F)c(N3CC(C)C(N)C3)c(F)c21.Cl. The summed E-state index contributed by atoms with van der Waals surface area (Å²) in [6, 6.07) is 0.723. The number of carbonyl (C=O) groups is 1. The maximum atomic E-state index is 15.2. The standard InChI is InChI=1S/C17H19F2N3O3.ClH/c1-3-21-6-10(17(24)25)16(23)9-4-11(18)15(13(19)14(9)21)22-5-8(2)12(20)7-22;/h4,6,8,12H,3,5,7,20H2,1-2H3,(H,24,25);1H. The molecule has 0 spiro atoms. The first kappa shape index (κ1) is 20.1. The van der Waals surface area contributed by atoms with E-state index in [1.54, 1.807) is 6.92 Å². The van der Waals surface area contributed by atoms with Crippen molar-refractivity contribution in [3.8, 4) is 0 Å². The number of hydrogen-bond acceptors (Lipinski definition) is 4. The number of halogens is 3. The first-order valence-corrected chi connectivity index (χ1v) is 8.05. The van der Waals surface area contributed by atoms with Crippen molar-refractivity contribution >= 4 is 35.0 Å². The Labute approximate surface area is 154 Å². The Kier molecular flexibility index (Phi) is 5.58. The fourth-order valence-corrected chi connectivity index (χ4v) is 3.34. The molecule has 3 rings (SSSR count).